The highest BCUT2D eigenvalue weighted by atomic mass is 16.8. The Labute approximate surface area is 86.4 Å². The van der Waals surface area contributed by atoms with Crippen LogP contribution >= 0.6 is 0 Å². The molecule has 0 aromatic rings. The molecule has 0 radical (unpaired) electrons. The number of Topliss-reactive ketones (excluding diaryl/α,β-unsaturated/α-hetero) is 1. The Hall–Kier alpha value is -0.530. The van der Waals surface area contributed by atoms with E-state index in [4.69, 9.17) is 23.7 Å². The molecule has 0 aromatic heterocycles. The molecular formula is C9H12O6. The third-order valence-electron chi connectivity index (χ3n) is 2.84. The van der Waals surface area contributed by atoms with Gasteiger partial charge in [0.05, 0.1) is 19.8 Å². The highest BCUT2D eigenvalue weighted by Gasteiger charge is 2.55. The first-order valence-electron chi connectivity index (χ1n) is 4.95. The van der Waals surface area contributed by atoms with Crippen LogP contribution in [0, 0.1) is 0 Å². The average Bonchev–Trinajstić information content (AvgIpc) is 2.74. The van der Waals surface area contributed by atoms with Crippen LogP contribution in [-0.2, 0) is 28.5 Å². The van der Waals surface area contributed by atoms with Gasteiger partial charge < -0.3 is 23.7 Å². The van der Waals surface area contributed by atoms with E-state index in [1.54, 1.807) is 0 Å². The summed E-state index contributed by atoms with van der Waals surface area (Å²) in [6.07, 6.45) is -0.867. The fraction of sp³-hybridized carbons (Fsp3) is 0.889. The highest BCUT2D eigenvalue weighted by Crippen LogP contribution is 2.31. The van der Waals surface area contributed by atoms with Gasteiger partial charge in [-0.3, -0.25) is 4.79 Å². The minimum atomic E-state index is -1.26. The molecule has 3 aliphatic heterocycles. The van der Waals surface area contributed by atoms with Gasteiger partial charge in [0, 0.05) is 0 Å². The van der Waals surface area contributed by atoms with Crippen LogP contribution < -0.4 is 0 Å². The van der Waals surface area contributed by atoms with Crippen LogP contribution in [0.15, 0.2) is 0 Å². The van der Waals surface area contributed by atoms with Crippen LogP contribution in [0.25, 0.3) is 0 Å². The van der Waals surface area contributed by atoms with Crippen molar-refractivity contribution in [3.63, 3.8) is 0 Å². The normalized spacial score (nSPS) is 45.7. The van der Waals surface area contributed by atoms with Gasteiger partial charge in [-0.15, -0.1) is 0 Å². The van der Waals surface area contributed by atoms with Crippen molar-refractivity contribution in [3.05, 3.63) is 0 Å². The first-order chi connectivity index (χ1) is 7.32. The molecule has 6 nitrogen and oxygen atoms in total. The summed E-state index contributed by atoms with van der Waals surface area (Å²) in [5.41, 5.74) is 0. The fourth-order valence-electron chi connectivity index (χ4n) is 2.02. The van der Waals surface area contributed by atoms with Crippen molar-refractivity contribution in [1.82, 2.24) is 0 Å². The standard InChI is InChI=1S/C9H12O6/c10-8-7-6(12-5-13-7)3-15-9(8)4-11-1-2-14-9/h6-7H,1-5H2/t6-,7-,9-/m1/s1. The van der Waals surface area contributed by atoms with Gasteiger partial charge in [0.1, 0.15) is 19.5 Å². The molecule has 84 valence electrons. The van der Waals surface area contributed by atoms with Crippen molar-refractivity contribution in [1.29, 1.82) is 0 Å². The maximum absolute atomic E-state index is 12.0. The van der Waals surface area contributed by atoms with Crippen molar-refractivity contribution in [3.8, 4) is 0 Å². The largest absolute Gasteiger partial charge is 0.373 e. The van der Waals surface area contributed by atoms with Crippen LogP contribution in [0.1, 0.15) is 0 Å². The van der Waals surface area contributed by atoms with E-state index in [2.05, 4.69) is 0 Å². The first-order valence-corrected chi connectivity index (χ1v) is 4.95. The predicted molar refractivity (Wildman–Crippen MR) is 45.1 cm³/mol. The number of fused-ring (bicyclic) bond motifs is 1. The molecule has 0 aliphatic carbocycles. The monoisotopic (exact) mass is 216 g/mol. The van der Waals surface area contributed by atoms with E-state index in [1.807, 2.05) is 0 Å². The number of ketones is 1. The Morgan fingerprint density at radius 3 is 2.93 bits per heavy atom. The molecule has 3 atom stereocenters. The van der Waals surface area contributed by atoms with Crippen molar-refractivity contribution in [2.24, 2.45) is 0 Å². The summed E-state index contributed by atoms with van der Waals surface area (Å²) in [6, 6.07) is 0. The topological polar surface area (TPSA) is 63.2 Å². The number of carbonyl (C=O) groups is 1. The van der Waals surface area contributed by atoms with Crippen molar-refractivity contribution >= 4 is 5.78 Å². The Morgan fingerprint density at radius 2 is 2.13 bits per heavy atom. The van der Waals surface area contributed by atoms with Gasteiger partial charge in [-0.2, -0.15) is 0 Å². The first kappa shape index (κ1) is 9.68. The molecular weight excluding hydrogens is 204 g/mol. The molecule has 0 bridgehead atoms. The Bertz CT molecular complexity index is 272. The molecule has 0 unspecified atom stereocenters. The van der Waals surface area contributed by atoms with Crippen LogP contribution in [-0.4, -0.2) is 57.0 Å². The molecule has 0 N–H and O–H groups in total. The molecule has 6 heteroatoms. The molecule has 3 saturated heterocycles. The third-order valence-corrected chi connectivity index (χ3v) is 2.84. The molecule has 0 aromatic carbocycles. The van der Waals surface area contributed by atoms with E-state index in [-0.39, 0.29) is 25.3 Å². The molecule has 3 rings (SSSR count). The minimum absolute atomic E-state index is 0.137. The SMILES string of the molecule is O=C1[C@@H]2OCO[C@@H]2CO[C@]12COCCO2. The summed E-state index contributed by atoms with van der Waals surface area (Å²) in [5, 5.41) is 0. The Morgan fingerprint density at radius 1 is 1.20 bits per heavy atom. The summed E-state index contributed by atoms with van der Waals surface area (Å²) in [6.45, 7) is 1.44. The molecule has 3 fully saturated rings. The van der Waals surface area contributed by atoms with Gasteiger partial charge in [-0.05, 0) is 0 Å². The van der Waals surface area contributed by atoms with E-state index in [0.29, 0.717) is 19.8 Å². The lowest BCUT2D eigenvalue weighted by molar-refractivity contribution is -0.294. The Kier molecular flexibility index (Phi) is 2.26. The molecule has 0 amide bonds. The smallest absolute Gasteiger partial charge is 0.256 e. The molecule has 3 heterocycles. The zero-order valence-corrected chi connectivity index (χ0v) is 8.14. The summed E-state index contributed by atoms with van der Waals surface area (Å²) < 4.78 is 26.4. The lowest BCUT2D eigenvalue weighted by Crippen LogP contribution is -2.62. The van der Waals surface area contributed by atoms with Crippen LogP contribution in [0.4, 0.5) is 0 Å². The lowest BCUT2D eigenvalue weighted by atomic mass is 9.99. The molecule has 3 aliphatic rings. The van der Waals surface area contributed by atoms with Gasteiger partial charge in [0.15, 0.2) is 6.10 Å². The van der Waals surface area contributed by atoms with E-state index < -0.39 is 11.9 Å². The second-order valence-electron chi connectivity index (χ2n) is 3.74. The van der Waals surface area contributed by atoms with E-state index in [0.717, 1.165) is 0 Å². The fourth-order valence-corrected chi connectivity index (χ4v) is 2.02. The van der Waals surface area contributed by atoms with E-state index >= 15 is 0 Å². The van der Waals surface area contributed by atoms with Crippen LogP contribution in [0.3, 0.4) is 0 Å². The van der Waals surface area contributed by atoms with Crippen molar-refractivity contribution < 1.29 is 28.5 Å². The molecule has 0 saturated carbocycles. The summed E-state index contributed by atoms with van der Waals surface area (Å²) in [5.74, 6) is -1.48. The minimum Gasteiger partial charge on any atom is -0.373 e. The number of rotatable bonds is 0. The highest BCUT2D eigenvalue weighted by molar-refractivity contribution is 5.91. The average molecular weight is 216 g/mol. The van der Waals surface area contributed by atoms with Gasteiger partial charge in [0.25, 0.3) is 5.79 Å². The maximum Gasteiger partial charge on any atom is 0.256 e. The molecule has 1 spiro atoms. The van der Waals surface area contributed by atoms with E-state index in [1.165, 1.54) is 0 Å². The summed E-state index contributed by atoms with van der Waals surface area (Å²) in [4.78, 5) is 12.0. The second-order valence-corrected chi connectivity index (χ2v) is 3.74. The van der Waals surface area contributed by atoms with Gasteiger partial charge in [0.2, 0.25) is 5.78 Å². The third kappa shape index (κ3) is 1.41. The number of hydrogen-bond acceptors (Lipinski definition) is 6. The molecule has 15 heavy (non-hydrogen) atoms. The predicted octanol–water partition coefficient (Wildman–Crippen LogP) is -0.930. The number of ether oxygens (including phenoxy) is 5. The zero-order chi connectivity index (χ0) is 10.3. The van der Waals surface area contributed by atoms with Crippen molar-refractivity contribution in [2.75, 3.05) is 33.2 Å². The Balaban J connectivity index is 1.82. The van der Waals surface area contributed by atoms with Gasteiger partial charge in [-0.1, -0.05) is 0 Å². The second kappa shape index (κ2) is 3.50. The summed E-state index contributed by atoms with van der Waals surface area (Å²) in [7, 11) is 0. The number of hydrogen-bond donors (Lipinski definition) is 0. The van der Waals surface area contributed by atoms with Crippen LogP contribution in [0.5, 0.6) is 0 Å². The quantitative estimate of drug-likeness (QED) is 0.521. The van der Waals surface area contributed by atoms with Gasteiger partial charge >= 0.3 is 0 Å². The van der Waals surface area contributed by atoms with Crippen LogP contribution in [0.2, 0.25) is 0 Å². The summed E-state index contributed by atoms with van der Waals surface area (Å²) >= 11 is 0. The number of carbonyl (C=O) groups excluding carboxylic acids is 1. The van der Waals surface area contributed by atoms with E-state index in [9.17, 15) is 4.79 Å². The lowest BCUT2D eigenvalue weighted by Gasteiger charge is -2.40. The maximum atomic E-state index is 12.0. The zero-order valence-electron chi connectivity index (χ0n) is 8.14. The van der Waals surface area contributed by atoms with Crippen molar-refractivity contribution in [2.45, 2.75) is 18.0 Å². The van der Waals surface area contributed by atoms with Gasteiger partial charge in [-0.25, -0.2) is 0 Å².